The standard InChI is InChI=1S/C19H26N2O5/c1-4-12(3)14(18(23)26-11-13-9-7-6-8-10-13)21-17(22)15-16(20-15)19(24)25-5-2/h6-10,12,14-16,20H,4-5,11H2,1-3H3,(H,21,22)/t12-,14-,15-,16-/m0/s1. The van der Waals surface area contributed by atoms with E-state index in [0.717, 1.165) is 5.56 Å². The number of hydrogen-bond acceptors (Lipinski definition) is 6. The largest absolute Gasteiger partial charge is 0.465 e. The van der Waals surface area contributed by atoms with Gasteiger partial charge in [0.1, 0.15) is 24.7 Å². The third kappa shape index (κ3) is 5.29. The molecule has 7 heteroatoms. The third-order valence-electron chi connectivity index (χ3n) is 4.39. The van der Waals surface area contributed by atoms with Gasteiger partial charge in [-0.25, -0.2) is 4.79 Å². The second-order valence-electron chi connectivity index (χ2n) is 6.34. The summed E-state index contributed by atoms with van der Waals surface area (Å²) in [5.74, 6) is -1.43. The van der Waals surface area contributed by atoms with E-state index in [2.05, 4.69) is 10.6 Å². The van der Waals surface area contributed by atoms with Crippen LogP contribution in [0, 0.1) is 5.92 Å². The van der Waals surface area contributed by atoms with E-state index in [-0.39, 0.29) is 19.1 Å². The molecule has 1 aromatic rings. The van der Waals surface area contributed by atoms with Gasteiger partial charge in [-0.3, -0.25) is 14.9 Å². The number of carbonyl (C=O) groups is 3. The van der Waals surface area contributed by atoms with Crippen LogP contribution in [0.15, 0.2) is 30.3 Å². The van der Waals surface area contributed by atoms with E-state index in [4.69, 9.17) is 9.47 Å². The molecule has 0 radical (unpaired) electrons. The number of ether oxygens (including phenoxy) is 2. The van der Waals surface area contributed by atoms with Crippen molar-refractivity contribution < 1.29 is 23.9 Å². The molecule has 2 rings (SSSR count). The first-order valence-corrected chi connectivity index (χ1v) is 8.91. The third-order valence-corrected chi connectivity index (χ3v) is 4.39. The molecule has 0 bridgehead atoms. The van der Waals surface area contributed by atoms with Crippen LogP contribution in [0.2, 0.25) is 0 Å². The van der Waals surface area contributed by atoms with Gasteiger partial charge in [0.05, 0.1) is 6.61 Å². The normalized spacial score (nSPS) is 20.6. The summed E-state index contributed by atoms with van der Waals surface area (Å²) in [6, 6.07) is 7.27. The molecule has 0 saturated carbocycles. The summed E-state index contributed by atoms with van der Waals surface area (Å²) in [5.41, 5.74) is 0.876. The Balaban J connectivity index is 1.91. The Hall–Kier alpha value is -2.41. The lowest BCUT2D eigenvalue weighted by Crippen LogP contribution is -2.48. The average molecular weight is 362 g/mol. The highest BCUT2D eigenvalue weighted by molar-refractivity contribution is 5.97. The zero-order chi connectivity index (χ0) is 19.1. The van der Waals surface area contributed by atoms with Crippen LogP contribution in [-0.2, 0) is 30.5 Å². The van der Waals surface area contributed by atoms with Crippen molar-refractivity contribution in [3.05, 3.63) is 35.9 Å². The van der Waals surface area contributed by atoms with Gasteiger partial charge in [-0.15, -0.1) is 0 Å². The maximum absolute atomic E-state index is 12.5. The van der Waals surface area contributed by atoms with Crippen LogP contribution in [0.1, 0.15) is 32.8 Å². The molecular weight excluding hydrogens is 336 g/mol. The highest BCUT2D eigenvalue weighted by atomic mass is 16.5. The minimum atomic E-state index is -0.763. The Morgan fingerprint density at radius 1 is 1.12 bits per heavy atom. The zero-order valence-corrected chi connectivity index (χ0v) is 15.4. The maximum Gasteiger partial charge on any atom is 0.329 e. The number of benzene rings is 1. The first kappa shape index (κ1) is 19.9. The van der Waals surface area contributed by atoms with Crippen molar-refractivity contribution in [1.82, 2.24) is 10.6 Å². The van der Waals surface area contributed by atoms with Crippen molar-refractivity contribution in [3.63, 3.8) is 0 Å². The molecule has 0 unspecified atom stereocenters. The molecule has 0 spiro atoms. The van der Waals surface area contributed by atoms with E-state index in [0.29, 0.717) is 6.42 Å². The zero-order valence-electron chi connectivity index (χ0n) is 15.4. The molecule has 1 aliphatic heterocycles. The van der Waals surface area contributed by atoms with Gasteiger partial charge in [-0.2, -0.15) is 0 Å². The van der Waals surface area contributed by atoms with Gasteiger partial charge in [0.2, 0.25) is 5.91 Å². The Morgan fingerprint density at radius 3 is 2.42 bits per heavy atom. The Labute approximate surface area is 153 Å². The minimum absolute atomic E-state index is 0.0954. The quantitative estimate of drug-likeness (QED) is 0.505. The number of hydrogen-bond donors (Lipinski definition) is 2. The highest BCUT2D eigenvalue weighted by Gasteiger charge is 2.49. The van der Waals surface area contributed by atoms with Crippen molar-refractivity contribution >= 4 is 17.8 Å². The smallest absolute Gasteiger partial charge is 0.329 e. The molecule has 7 nitrogen and oxygen atoms in total. The molecule has 1 aromatic carbocycles. The van der Waals surface area contributed by atoms with Gasteiger partial charge in [0.15, 0.2) is 0 Å². The SMILES string of the molecule is CCOC(=O)[C@H]1N[C@@H]1C(=O)N[C@H](C(=O)OCc1ccccc1)[C@@H](C)CC. The molecule has 1 aliphatic rings. The van der Waals surface area contributed by atoms with E-state index in [1.807, 2.05) is 44.2 Å². The molecule has 2 N–H and O–H groups in total. The summed E-state index contributed by atoms with van der Waals surface area (Å²) < 4.78 is 10.2. The number of rotatable bonds is 9. The molecular formula is C19H26N2O5. The van der Waals surface area contributed by atoms with Gasteiger partial charge in [0, 0.05) is 0 Å². The van der Waals surface area contributed by atoms with Crippen molar-refractivity contribution in [3.8, 4) is 0 Å². The molecule has 26 heavy (non-hydrogen) atoms. The number of esters is 2. The van der Waals surface area contributed by atoms with Crippen LogP contribution in [0.4, 0.5) is 0 Å². The van der Waals surface area contributed by atoms with Crippen molar-refractivity contribution in [2.24, 2.45) is 5.92 Å². The monoisotopic (exact) mass is 362 g/mol. The molecule has 1 fully saturated rings. The molecule has 1 saturated heterocycles. The van der Waals surface area contributed by atoms with E-state index in [1.54, 1.807) is 6.92 Å². The first-order chi connectivity index (χ1) is 12.5. The predicted molar refractivity (Wildman–Crippen MR) is 95.0 cm³/mol. The molecule has 1 amide bonds. The van der Waals surface area contributed by atoms with Crippen molar-refractivity contribution in [1.29, 1.82) is 0 Å². The van der Waals surface area contributed by atoms with Crippen LogP contribution < -0.4 is 10.6 Å². The minimum Gasteiger partial charge on any atom is -0.465 e. The van der Waals surface area contributed by atoms with Gasteiger partial charge in [0.25, 0.3) is 0 Å². The van der Waals surface area contributed by atoms with Gasteiger partial charge >= 0.3 is 11.9 Å². The molecule has 0 aromatic heterocycles. The number of nitrogens with one attached hydrogen (secondary N) is 2. The highest BCUT2D eigenvalue weighted by Crippen LogP contribution is 2.16. The number of carbonyl (C=O) groups excluding carboxylic acids is 3. The van der Waals surface area contributed by atoms with Crippen LogP contribution >= 0.6 is 0 Å². The molecule has 0 aliphatic carbocycles. The van der Waals surface area contributed by atoms with E-state index < -0.39 is 36.0 Å². The van der Waals surface area contributed by atoms with Crippen LogP contribution in [0.3, 0.4) is 0 Å². The summed E-state index contributed by atoms with van der Waals surface area (Å²) in [7, 11) is 0. The molecule has 1 heterocycles. The van der Waals surface area contributed by atoms with Crippen LogP contribution in [0.25, 0.3) is 0 Å². The predicted octanol–water partition coefficient (Wildman–Crippen LogP) is 1.16. The van der Waals surface area contributed by atoms with Crippen LogP contribution in [-0.4, -0.2) is 42.6 Å². The van der Waals surface area contributed by atoms with Gasteiger partial charge < -0.3 is 14.8 Å². The van der Waals surface area contributed by atoms with E-state index >= 15 is 0 Å². The van der Waals surface area contributed by atoms with E-state index in [9.17, 15) is 14.4 Å². The second kappa shape index (κ2) is 9.33. The summed E-state index contributed by atoms with van der Waals surface area (Å²) in [5, 5.41) is 5.48. The Morgan fingerprint density at radius 2 is 1.81 bits per heavy atom. The Bertz CT molecular complexity index is 634. The van der Waals surface area contributed by atoms with Crippen molar-refractivity contribution in [2.45, 2.75) is 51.9 Å². The van der Waals surface area contributed by atoms with Crippen LogP contribution in [0.5, 0.6) is 0 Å². The van der Waals surface area contributed by atoms with Gasteiger partial charge in [-0.1, -0.05) is 50.6 Å². The first-order valence-electron chi connectivity index (χ1n) is 8.91. The Kier molecular flexibility index (Phi) is 7.15. The summed E-state index contributed by atoms with van der Waals surface area (Å²) in [6.07, 6.45) is 0.699. The fourth-order valence-corrected chi connectivity index (χ4v) is 2.53. The summed E-state index contributed by atoms with van der Waals surface area (Å²) in [4.78, 5) is 36.4. The van der Waals surface area contributed by atoms with Crippen molar-refractivity contribution in [2.75, 3.05) is 6.61 Å². The lowest BCUT2D eigenvalue weighted by Gasteiger charge is -2.22. The number of amides is 1. The lowest BCUT2D eigenvalue weighted by atomic mass is 9.99. The maximum atomic E-state index is 12.5. The van der Waals surface area contributed by atoms with Gasteiger partial charge in [-0.05, 0) is 18.4 Å². The summed E-state index contributed by atoms with van der Waals surface area (Å²) >= 11 is 0. The topological polar surface area (TPSA) is 104 Å². The lowest BCUT2D eigenvalue weighted by molar-refractivity contribution is -0.150. The fraction of sp³-hybridized carbons (Fsp3) is 0.526. The molecule has 142 valence electrons. The fourth-order valence-electron chi connectivity index (χ4n) is 2.53. The average Bonchev–Trinajstić information content (AvgIpc) is 3.45. The van der Waals surface area contributed by atoms with E-state index in [1.165, 1.54) is 0 Å². The second-order valence-corrected chi connectivity index (χ2v) is 6.34. The summed E-state index contributed by atoms with van der Waals surface area (Å²) in [6.45, 7) is 5.92. The molecule has 4 atom stereocenters.